The first kappa shape index (κ1) is 9.20. The molecule has 0 aliphatic rings. The Bertz CT molecular complexity index is 537. The molecule has 0 saturated carbocycles. The SMILES string of the molecule is NN=Nc1c(N=O)ccc2cccnc12. The minimum atomic E-state index is 0.176. The molecule has 0 saturated heterocycles. The second-order valence-corrected chi connectivity index (χ2v) is 2.82. The van der Waals surface area contributed by atoms with Gasteiger partial charge in [-0.05, 0) is 17.3 Å². The fraction of sp³-hybridized carbons (Fsp3) is 0. The van der Waals surface area contributed by atoms with E-state index in [2.05, 4.69) is 20.5 Å². The average Bonchev–Trinajstić information content (AvgIpc) is 2.30. The molecule has 2 aromatic rings. The third-order valence-electron chi connectivity index (χ3n) is 1.98. The molecule has 1 heterocycles. The van der Waals surface area contributed by atoms with Crippen molar-refractivity contribution in [1.82, 2.24) is 4.98 Å². The van der Waals surface area contributed by atoms with Crippen molar-refractivity contribution < 1.29 is 0 Å². The third kappa shape index (κ3) is 1.52. The predicted molar refractivity (Wildman–Crippen MR) is 55.9 cm³/mol. The number of nitrogens with zero attached hydrogens (tertiary/aromatic N) is 4. The molecular weight excluding hydrogens is 194 g/mol. The van der Waals surface area contributed by atoms with Crippen LogP contribution in [0.25, 0.3) is 10.9 Å². The van der Waals surface area contributed by atoms with Gasteiger partial charge in [-0.15, -0.1) is 10.0 Å². The molecule has 0 aliphatic heterocycles. The van der Waals surface area contributed by atoms with Crippen LogP contribution in [0.4, 0.5) is 11.4 Å². The summed E-state index contributed by atoms with van der Waals surface area (Å²) in [5, 5.41) is 10.5. The van der Waals surface area contributed by atoms with Crippen LogP contribution in [-0.4, -0.2) is 4.98 Å². The van der Waals surface area contributed by atoms with Gasteiger partial charge in [0.05, 0.1) is 0 Å². The van der Waals surface area contributed by atoms with Crippen molar-refractivity contribution in [2.24, 2.45) is 21.4 Å². The maximum Gasteiger partial charge on any atom is 0.143 e. The largest absolute Gasteiger partial charge is 0.305 e. The smallest absolute Gasteiger partial charge is 0.143 e. The number of hydrogen-bond donors (Lipinski definition) is 1. The lowest BCUT2D eigenvalue weighted by Crippen LogP contribution is -1.80. The third-order valence-corrected chi connectivity index (χ3v) is 1.98. The molecule has 2 N–H and O–H groups in total. The molecule has 6 heteroatoms. The first-order chi connectivity index (χ1) is 7.36. The monoisotopic (exact) mass is 201 g/mol. The molecule has 2 rings (SSSR count). The van der Waals surface area contributed by atoms with Gasteiger partial charge in [0.2, 0.25) is 0 Å². The average molecular weight is 201 g/mol. The number of nitrogens with two attached hydrogens (primary N) is 1. The van der Waals surface area contributed by atoms with Gasteiger partial charge in [0.1, 0.15) is 16.9 Å². The molecule has 0 spiro atoms. The summed E-state index contributed by atoms with van der Waals surface area (Å²) in [6.07, 6.45) is 1.60. The number of nitroso groups, excluding NO2 is 1. The molecule has 0 amide bonds. The number of rotatable bonds is 2. The van der Waals surface area contributed by atoms with Crippen LogP contribution in [0.3, 0.4) is 0 Å². The van der Waals surface area contributed by atoms with E-state index in [0.29, 0.717) is 11.2 Å². The molecule has 0 bridgehead atoms. The van der Waals surface area contributed by atoms with E-state index in [0.717, 1.165) is 5.39 Å². The lowest BCUT2D eigenvalue weighted by Gasteiger charge is -2.00. The van der Waals surface area contributed by atoms with E-state index in [1.165, 1.54) is 0 Å². The van der Waals surface area contributed by atoms with Crippen molar-refractivity contribution in [2.45, 2.75) is 0 Å². The van der Waals surface area contributed by atoms with Gasteiger partial charge in [-0.2, -0.15) is 0 Å². The fourth-order valence-corrected chi connectivity index (χ4v) is 1.35. The first-order valence-corrected chi connectivity index (χ1v) is 4.19. The Labute approximate surface area is 84.8 Å². The van der Waals surface area contributed by atoms with E-state index in [9.17, 15) is 4.91 Å². The highest BCUT2D eigenvalue weighted by Crippen LogP contribution is 2.34. The van der Waals surface area contributed by atoms with E-state index in [1.54, 1.807) is 24.4 Å². The number of pyridine rings is 1. The Morgan fingerprint density at radius 3 is 2.87 bits per heavy atom. The topological polar surface area (TPSA) is 93.1 Å². The lowest BCUT2D eigenvalue weighted by atomic mass is 10.1. The van der Waals surface area contributed by atoms with Crippen LogP contribution in [0, 0.1) is 4.91 Å². The Hall–Kier alpha value is -2.37. The summed E-state index contributed by atoms with van der Waals surface area (Å²) in [6, 6.07) is 6.95. The fourth-order valence-electron chi connectivity index (χ4n) is 1.35. The van der Waals surface area contributed by atoms with Gasteiger partial charge in [-0.1, -0.05) is 17.4 Å². The zero-order valence-corrected chi connectivity index (χ0v) is 7.66. The molecule has 0 atom stereocenters. The Kier molecular flexibility index (Phi) is 2.32. The number of hydrogen-bond acceptors (Lipinski definition) is 5. The summed E-state index contributed by atoms with van der Waals surface area (Å²) in [5.74, 6) is 4.96. The summed E-state index contributed by atoms with van der Waals surface area (Å²) in [6.45, 7) is 0. The molecule has 1 aromatic heterocycles. The molecule has 0 unspecified atom stereocenters. The second kappa shape index (κ2) is 3.79. The van der Waals surface area contributed by atoms with Crippen molar-refractivity contribution in [3.8, 4) is 0 Å². The maximum atomic E-state index is 10.5. The molecular formula is C9H7N5O. The van der Waals surface area contributed by atoms with E-state index in [4.69, 9.17) is 5.84 Å². The summed E-state index contributed by atoms with van der Waals surface area (Å²) >= 11 is 0. The van der Waals surface area contributed by atoms with Gasteiger partial charge < -0.3 is 5.84 Å². The van der Waals surface area contributed by atoms with Crippen LogP contribution in [0.2, 0.25) is 0 Å². The van der Waals surface area contributed by atoms with Crippen LogP contribution in [0.5, 0.6) is 0 Å². The second-order valence-electron chi connectivity index (χ2n) is 2.82. The van der Waals surface area contributed by atoms with Crippen LogP contribution < -0.4 is 5.84 Å². The van der Waals surface area contributed by atoms with E-state index >= 15 is 0 Å². The van der Waals surface area contributed by atoms with Crippen LogP contribution in [0.15, 0.2) is 46.0 Å². The molecule has 74 valence electrons. The minimum Gasteiger partial charge on any atom is -0.305 e. The Balaban J connectivity index is 2.84. The highest BCUT2D eigenvalue weighted by Gasteiger charge is 2.08. The highest BCUT2D eigenvalue weighted by atomic mass is 16.3. The zero-order valence-electron chi connectivity index (χ0n) is 7.66. The van der Waals surface area contributed by atoms with Crippen LogP contribution >= 0.6 is 0 Å². The quantitative estimate of drug-likeness (QED) is 0.350. The minimum absolute atomic E-state index is 0.176. The first-order valence-electron chi connectivity index (χ1n) is 4.19. The van der Waals surface area contributed by atoms with Crippen molar-refractivity contribution >= 4 is 22.3 Å². The van der Waals surface area contributed by atoms with E-state index in [-0.39, 0.29) is 5.69 Å². The summed E-state index contributed by atoms with van der Waals surface area (Å²) < 4.78 is 0. The van der Waals surface area contributed by atoms with Crippen molar-refractivity contribution in [3.63, 3.8) is 0 Å². The number of fused-ring (bicyclic) bond motifs is 1. The summed E-state index contributed by atoms with van der Waals surface area (Å²) in [5.41, 5.74) is 1.03. The summed E-state index contributed by atoms with van der Waals surface area (Å²) in [4.78, 5) is 14.6. The molecule has 0 aliphatic carbocycles. The van der Waals surface area contributed by atoms with Crippen molar-refractivity contribution in [2.75, 3.05) is 0 Å². The number of benzene rings is 1. The zero-order chi connectivity index (χ0) is 10.7. The van der Waals surface area contributed by atoms with Gasteiger partial charge in [-0.25, -0.2) is 0 Å². The molecule has 1 aromatic carbocycles. The predicted octanol–water partition coefficient (Wildman–Crippen LogP) is 2.59. The van der Waals surface area contributed by atoms with Gasteiger partial charge in [-0.3, -0.25) is 4.98 Å². The van der Waals surface area contributed by atoms with Crippen LogP contribution in [-0.2, 0) is 0 Å². The standard InChI is InChI=1S/C9H7N5O/c10-14-12-9-7(13-15)4-3-6-2-1-5-11-8(6)9/h1-5H,(H2,10,12). The number of aromatic nitrogens is 1. The van der Waals surface area contributed by atoms with E-state index in [1.807, 2.05) is 6.07 Å². The molecule has 15 heavy (non-hydrogen) atoms. The normalized spacial score (nSPS) is 10.9. The maximum absolute atomic E-state index is 10.5. The molecule has 0 radical (unpaired) electrons. The lowest BCUT2D eigenvalue weighted by molar-refractivity contribution is 1.06. The van der Waals surface area contributed by atoms with Gasteiger partial charge in [0.25, 0.3) is 0 Å². The molecule has 0 fully saturated rings. The summed E-state index contributed by atoms with van der Waals surface area (Å²) in [7, 11) is 0. The highest BCUT2D eigenvalue weighted by molar-refractivity contribution is 5.94. The molecule has 6 nitrogen and oxygen atoms in total. The Morgan fingerprint density at radius 2 is 2.13 bits per heavy atom. The van der Waals surface area contributed by atoms with Gasteiger partial charge >= 0.3 is 0 Å². The Morgan fingerprint density at radius 1 is 1.27 bits per heavy atom. The van der Waals surface area contributed by atoms with Crippen molar-refractivity contribution in [3.05, 3.63) is 35.4 Å². The van der Waals surface area contributed by atoms with Crippen molar-refractivity contribution in [1.29, 1.82) is 0 Å². The van der Waals surface area contributed by atoms with Crippen LogP contribution in [0.1, 0.15) is 0 Å². The van der Waals surface area contributed by atoms with E-state index < -0.39 is 0 Å². The van der Waals surface area contributed by atoms with Gasteiger partial charge in [0.15, 0.2) is 0 Å². The van der Waals surface area contributed by atoms with Gasteiger partial charge in [0, 0.05) is 11.6 Å².